The van der Waals surface area contributed by atoms with Gasteiger partial charge < -0.3 is 15.4 Å². The van der Waals surface area contributed by atoms with Crippen molar-refractivity contribution in [3.05, 3.63) is 24.0 Å². The van der Waals surface area contributed by atoms with Crippen LogP contribution in [0.1, 0.15) is 20.8 Å². The fourth-order valence-corrected chi connectivity index (χ4v) is 1.40. The quantitative estimate of drug-likeness (QED) is 0.849. The molecule has 1 aromatic rings. The van der Waals surface area contributed by atoms with Crippen molar-refractivity contribution < 1.29 is 13.9 Å². The maximum atomic E-state index is 13.2. The number of hydrogen-bond donors (Lipinski definition) is 2. The lowest BCUT2D eigenvalue weighted by Gasteiger charge is -2.17. The van der Waals surface area contributed by atoms with E-state index in [2.05, 4.69) is 10.6 Å². The Hall–Kier alpha value is -1.62. The SMILES string of the molecule is CO[C@@H](C)C(=O)Nc1cc(F)ccc1NC(C)C. The maximum absolute atomic E-state index is 13.2. The Morgan fingerprint density at radius 1 is 1.28 bits per heavy atom. The van der Waals surface area contributed by atoms with Crippen LogP contribution in [0.15, 0.2) is 18.2 Å². The van der Waals surface area contributed by atoms with Crippen molar-refractivity contribution in [3.63, 3.8) is 0 Å². The molecule has 1 aromatic carbocycles. The van der Waals surface area contributed by atoms with Gasteiger partial charge in [0.05, 0.1) is 11.4 Å². The fraction of sp³-hybridized carbons (Fsp3) is 0.462. The molecule has 100 valence electrons. The predicted molar refractivity (Wildman–Crippen MR) is 70.3 cm³/mol. The normalized spacial score (nSPS) is 12.3. The summed E-state index contributed by atoms with van der Waals surface area (Å²) >= 11 is 0. The number of amides is 1. The van der Waals surface area contributed by atoms with Gasteiger partial charge in [0, 0.05) is 13.2 Å². The number of methoxy groups -OCH3 is 1. The van der Waals surface area contributed by atoms with Crippen molar-refractivity contribution in [2.75, 3.05) is 17.7 Å². The van der Waals surface area contributed by atoms with Crippen LogP contribution in [0.25, 0.3) is 0 Å². The molecule has 0 unspecified atom stereocenters. The van der Waals surface area contributed by atoms with E-state index in [9.17, 15) is 9.18 Å². The molecule has 0 saturated carbocycles. The van der Waals surface area contributed by atoms with E-state index >= 15 is 0 Å². The van der Waals surface area contributed by atoms with E-state index in [1.54, 1.807) is 13.0 Å². The third kappa shape index (κ3) is 4.00. The van der Waals surface area contributed by atoms with Crippen LogP contribution in [-0.2, 0) is 9.53 Å². The molecule has 18 heavy (non-hydrogen) atoms. The van der Waals surface area contributed by atoms with Crippen molar-refractivity contribution in [3.8, 4) is 0 Å². The summed E-state index contributed by atoms with van der Waals surface area (Å²) in [5.41, 5.74) is 1.10. The molecule has 5 heteroatoms. The predicted octanol–water partition coefficient (Wildman–Crippen LogP) is 2.62. The van der Waals surface area contributed by atoms with Gasteiger partial charge in [-0.05, 0) is 39.0 Å². The Balaban J connectivity index is 2.91. The molecule has 0 aliphatic carbocycles. The lowest BCUT2D eigenvalue weighted by Crippen LogP contribution is -2.27. The van der Waals surface area contributed by atoms with Crippen LogP contribution in [0.2, 0.25) is 0 Å². The average Bonchev–Trinajstić information content (AvgIpc) is 2.31. The Morgan fingerprint density at radius 3 is 2.50 bits per heavy atom. The number of carbonyl (C=O) groups is 1. The minimum atomic E-state index is -0.583. The topological polar surface area (TPSA) is 50.4 Å². The van der Waals surface area contributed by atoms with Gasteiger partial charge in [-0.1, -0.05) is 0 Å². The van der Waals surface area contributed by atoms with Gasteiger partial charge in [0.25, 0.3) is 5.91 Å². The molecule has 0 fully saturated rings. The highest BCUT2D eigenvalue weighted by Gasteiger charge is 2.14. The van der Waals surface area contributed by atoms with Gasteiger partial charge in [0.2, 0.25) is 0 Å². The molecule has 0 bridgehead atoms. The Labute approximate surface area is 107 Å². The minimum Gasteiger partial charge on any atom is -0.381 e. The summed E-state index contributed by atoms with van der Waals surface area (Å²) < 4.78 is 18.1. The Bertz CT molecular complexity index is 421. The molecule has 2 N–H and O–H groups in total. The third-order valence-electron chi connectivity index (χ3n) is 2.41. The van der Waals surface area contributed by atoms with Gasteiger partial charge in [-0.25, -0.2) is 4.39 Å². The van der Waals surface area contributed by atoms with Gasteiger partial charge in [-0.15, -0.1) is 0 Å². The van der Waals surface area contributed by atoms with E-state index in [1.807, 2.05) is 13.8 Å². The third-order valence-corrected chi connectivity index (χ3v) is 2.41. The van der Waals surface area contributed by atoms with Gasteiger partial charge in [-0.2, -0.15) is 0 Å². The van der Waals surface area contributed by atoms with E-state index in [0.29, 0.717) is 11.4 Å². The summed E-state index contributed by atoms with van der Waals surface area (Å²) in [5, 5.41) is 5.78. The first kappa shape index (κ1) is 14.4. The fourth-order valence-electron chi connectivity index (χ4n) is 1.40. The van der Waals surface area contributed by atoms with Crippen LogP contribution in [0.4, 0.5) is 15.8 Å². The molecule has 0 spiro atoms. The second-order valence-corrected chi connectivity index (χ2v) is 4.36. The molecule has 0 saturated heterocycles. The number of nitrogens with one attached hydrogen (secondary N) is 2. The molecule has 1 amide bonds. The standard InChI is InChI=1S/C13H19FN2O2/c1-8(2)15-11-6-5-10(14)7-12(11)16-13(17)9(3)18-4/h5-9,15H,1-4H3,(H,16,17)/t9-/m0/s1. The van der Waals surface area contributed by atoms with E-state index < -0.39 is 11.9 Å². The highest BCUT2D eigenvalue weighted by molar-refractivity contribution is 5.96. The summed E-state index contributed by atoms with van der Waals surface area (Å²) in [7, 11) is 1.45. The zero-order valence-electron chi connectivity index (χ0n) is 11.1. The van der Waals surface area contributed by atoms with E-state index in [-0.39, 0.29) is 11.9 Å². The zero-order chi connectivity index (χ0) is 13.7. The second kappa shape index (κ2) is 6.35. The first-order chi connectivity index (χ1) is 8.43. The maximum Gasteiger partial charge on any atom is 0.253 e. The minimum absolute atomic E-state index is 0.186. The lowest BCUT2D eigenvalue weighted by atomic mass is 10.2. The van der Waals surface area contributed by atoms with Crippen molar-refractivity contribution in [1.29, 1.82) is 0 Å². The van der Waals surface area contributed by atoms with E-state index in [0.717, 1.165) is 0 Å². The molecule has 0 aromatic heterocycles. The Morgan fingerprint density at radius 2 is 1.94 bits per heavy atom. The number of ether oxygens (including phenoxy) is 1. The molecule has 1 rings (SSSR count). The summed E-state index contributed by atoms with van der Waals surface area (Å²) in [5.74, 6) is -0.709. The van der Waals surface area contributed by atoms with Crippen LogP contribution in [0.3, 0.4) is 0 Å². The lowest BCUT2D eigenvalue weighted by molar-refractivity contribution is -0.124. The van der Waals surface area contributed by atoms with Gasteiger partial charge in [0.1, 0.15) is 11.9 Å². The van der Waals surface area contributed by atoms with Gasteiger partial charge in [-0.3, -0.25) is 4.79 Å². The van der Waals surface area contributed by atoms with E-state index in [4.69, 9.17) is 4.74 Å². The van der Waals surface area contributed by atoms with E-state index in [1.165, 1.54) is 19.2 Å². The number of hydrogen-bond acceptors (Lipinski definition) is 3. The summed E-state index contributed by atoms with van der Waals surface area (Å²) in [6.45, 7) is 5.56. The zero-order valence-corrected chi connectivity index (χ0v) is 11.1. The number of benzene rings is 1. The van der Waals surface area contributed by atoms with Crippen molar-refractivity contribution >= 4 is 17.3 Å². The monoisotopic (exact) mass is 254 g/mol. The average molecular weight is 254 g/mol. The highest BCUT2D eigenvalue weighted by Crippen LogP contribution is 2.23. The smallest absolute Gasteiger partial charge is 0.253 e. The number of carbonyl (C=O) groups excluding carboxylic acids is 1. The second-order valence-electron chi connectivity index (χ2n) is 4.36. The van der Waals surface area contributed by atoms with Crippen molar-refractivity contribution in [2.24, 2.45) is 0 Å². The van der Waals surface area contributed by atoms with Gasteiger partial charge >= 0.3 is 0 Å². The summed E-state index contributed by atoms with van der Waals surface area (Å²) in [6, 6.07) is 4.42. The van der Waals surface area contributed by atoms with Crippen LogP contribution < -0.4 is 10.6 Å². The first-order valence-electron chi connectivity index (χ1n) is 5.83. The van der Waals surface area contributed by atoms with Crippen LogP contribution in [0, 0.1) is 5.82 Å². The first-order valence-corrected chi connectivity index (χ1v) is 5.83. The van der Waals surface area contributed by atoms with Gasteiger partial charge in [0.15, 0.2) is 0 Å². The molecule has 4 nitrogen and oxygen atoms in total. The molecule has 0 aliphatic rings. The highest BCUT2D eigenvalue weighted by atomic mass is 19.1. The Kier molecular flexibility index (Phi) is 5.09. The summed E-state index contributed by atoms with van der Waals surface area (Å²) in [4.78, 5) is 11.7. The molecule has 0 aliphatic heterocycles. The molecule has 0 radical (unpaired) electrons. The van der Waals surface area contributed by atoms with Crippen molar-refractivity contribution in [2.45, 2.75) is 32.9 Å². The van der Waals surface area contributed by atoms with Crippen LogP contribution in [-0.4, -0.2) is 25.2 Å². The summed E-state index contributed by atoms with van der Waals surface area (Å²) in [6.07, 6.45) is -0.583. The van der Waals surface area contributed by atoms with Crippen molar-refractivity contribution in [1.82, 2.24) is 0 Å². The molecule has 1 atom stereocenters. The van der Waals surface area contributed by atoms with Crippen LogP contribution >= 0.6 is 0 Å². The number of rotatable bonds is 5. The largest absolute Gasteiger partial charge is 0.381 e. The number of anilines is 2. The molecular formula is C13H19FN2O2. The van der Waals surface area contributed by atoms with Crippen LogP contribution in [0.5, 0.6) is 0 Å². The molecular weight excluding hydrogens is 235 g/mol. The molecule has 0 heterocycles. The number of halogens is 1.